The molecule has 7 nitrogen and oxygen atoms in total. The molecule has 0 amide bonds. The minimum Gasteiger partial charge on any atom is -0.508 e. The fourth-order valence-electron chi connectivity index (χ4n) is 2.53. The molecule has 2 N–H and O–H groups in total. The van der Waals surface area contributed by atoms with E-state index in [4.69, 9.17) is 14.2 Å². The number of nitrogens with one attached hydrogen (secondary N) is 1. The monoisotopic (exact) mass is 311 g/mol. The molecule has 3 aromatic rings. The summed E-state index contributed by atoms with van der Waals surface area (Å²) in [6.45, 7) is 0.165. The molecule has 23 heavy (non-hydrogen) atoms. The van der Waals surface area contributed by atoms with Gasteiger partial charge < -0.3 is 19.3 Å². The van der Waals surface area contributed by atoms with Crippen molar-refractivity contribution in [2.45, 2.75) is 0 Å². The average Bonchev–Trinajstić information content (AvgIpc) is 3.23. The standard InChI is InChI=1S/C16H13N3O4/c1-21-12-6-10(7-13-16(12)23-8-22-13)15-14(17-19-18-15)9-2-4-11(20)5-3-9/h2-7,20H,8H2,1H3,(H,17,18,19). The lowest BCUT2D eigenvalue weighted by atomic mass is 10.0. The summed E-state index contributed by atoms with van der Waals surface area (Å²) in [5.41, 5.74) is 3.06. The summed E-state index contributed by atoms with van der Waals surface area (Å²) >= 11 is 0. The molecule has 7 heteroatoms. The van der Waals surface area contributed by atoms with Gasteiger partial charge in [-0.1, -0.05) is 5.21 Å². The SMILES string of the molecule is COc1cc(-c2nn[nH]c2-c2ccc(O)cc2)cc2c1OCO2. The third-order valence-corrected chi connectivity index (χ3v) is 3.64. The van der Waals surface area contributed by atoms with Crippen LogP contribution in [0, 0.1) is 0 Å². The number of ether oxygens (including phenoxy) is 3. The molecule has 0 bridgehead atoms. The molecule has 0 aliphatic carbocycles. The van der Waals surface area contributed by atoms with E-state index in [1.165, 1.54) is 0 Å². The summed E-state index contributed by atoms with van der Waals surface area (Å²) in [5.74, 6) is 1.98. The van der Waals surface area contributed by atoms with Crippen LogP contribution in [-0.2, 0) is 0 Å². The van der Waals surface area contributed by atoms with E-state index in [9.17, 15) is 5.11 Å². The first-order valence-corrected chi connectivity index (χ1v) is 6.94. The first-order valence-electron chi connectivity index (χ1n) is 6.94. The molecular formula is C16H13N3O4. The number of rotatable bonds is 3. The second-order valence-electron chi connectivity index (χ2n) is 4.99. The molecule has 0 unspecified atom stereocenters. The van der Waals surface area contributed by atoms with Crippen molar-refractivity contribution in [3.05, 3.63) is 36.4 Å². The molecule has 0 saturated heterocycles. The number of H-pyrrole nitrogens is 1. The van der Waals surface area contributed by atoms with Gasteiger partial charge in [-0.05, 0) is 36.4 Å². The summed E-state index contributed by atoms with van der Waals surface area (Å²) in [5, 5.41) is 20.4. The molecule has 0 atom stereocenters. The molecular weight excluding hydrogens is 298 g/mol. The van der Waals surface area contributed by atoms with Crippen LogP contribution in [0.3, 0.4) is 0 Å². The Balaban J connectivity index is 1.83. The minimum absolute atomic E-state index is 0.165. The van der Waals surface area contributed by atoms with Crippen LogP contribution in [0.15, 0.2) is 36.4 Å². The fraction of sp³-hybridized carbons (Fsp3) is 0.125. The second-order valence-corrected chi connectivity index (χ2v) is 4.99. The number of phenolic OH excluding ortho intramolecular Hbond substituents is 1. The van der Waals surface area contributed by atoms with Crippen LogP contribution >= 0.6 is 0 Å². The van der Waals surface area contributed by atoms with Gasteiger partial charge in [0.15, 0.2) is 11.5 Å². The zero-order valence-corrected chi connectivity index (χ0v) is 12.2. The number of fused-ring (bicyclic) bond motifs is 1. The average molecular weight is 311 g/mol. The maximum Gasteiger partial charge on any atom is 0.231 e. The molecule has 0 saturated carbocycles. The Kier molecular flexibility index (Phi) is 3.04. The fourth-order valence-corrected chi connectivity index (χ4v) is 2.53. The van der Waals surface area contributed by atoms with Gasteiger partial charge >= 0.3 is 0 Å². The summed E-state index contributed by atoms with van der Waals surface area (Å²) < 4.78 is 16.2. The number of aromatic hydroxyl groups is 1. The van der Waals surface area contributed by atoms with Crippen molar-refractivity contribution in [1.82, 2.24) is 15.4 Å². The van der Waals surface area contributed by atoms with E-state index in [0.29, 0.717) is 22.9 Å². The lowest BCUT2D eigenvalue weighted by Gasteiger charge is -2.08. The number of hydrogen-bond donors (Lipinski definition) is 2. The van der Waals surface area contributed by atoms with E-state index in [1.54, 1.807) is 31.4 Å². The highest BCUT2D eigenvalue weighted by Crippen LogP contribution is 2.44. The quantitative estimate of drug-likeness (QED) is 0.773. The molecule has 0 spiro atoms. The van der Waals surface area contributed by atoms with E-state index in [1.807, 2.05) is 12.1 Å². The highest BCUT2D eigenvalue weighted by molar-refractivity contribution is 5.80. The first kappa shape index (κ1) is 13.4. The Morgan fingerprint density at radius 1 is 1.13 bits per heavy atom. The van der Waals surface area contributed by atoms with E-state index in [-0.39, 0.29) is 12.5 Å². The lowest BCUT2D eigenvalue weighted by molar-refractivity contribution is 0.171. The molecule has 1 aliphatic heterocycles. The van der Waals surface area contributed by atoms with Gasteiger partial charge in [0.25, 0.3) is 0 Å². The van der Waals surface area contributed by atoms with E-state index < -0.39 is 0 Å². The van der Waals surface area contributed by atoms with Crippen LogP contribution in [0.4, 0.5) is 0 Å². The van der Waals surface area contributed by atoms with Crippen LogP contribution in [-0.4, -0.2) is 34.4 Å². The Labute approximate surface area is 131 Å². The summed E-state index contributed by atoms with van der Waals surface area (Å²) in [6, 6.07) is 10.5. The normalized spacial score (nSPS) is 12.4. The Hall–Kier alpha value is -3.22. The van der Waals surface area contributed by atoms with Crippen molar-refractivity contribution in [3.8, 4) is 45.5 Å². The van der Waals surface area contributed by atoms with Crippen molar-refractivity contribution in [2.24, 2.45) is 0 Å². The van der Waals surface area contributed by atoms with Gasteiger partial charge in [0.2, 0.25) is 12.5 Å². The lowest BCUT2D eigenvalue weighted by Crippen LogP contribution is -1.93. The summed E-state index contributed by atoms with van der Waals surface area (Å²) in [4.78, 5) is 0. The highest BCUT2D eigenvalue weighted by Gasteiger charge is 2.22. The number of benzene rings is 2. The maximum absolute atomic E-state index is 9.43. The van der Waals surface area contributed by atoms with E-state index in [0.717, 1.165) is 16.8 Å². The Bertz CT molecular complexity index is 858. The summed E-state index contributed by atoms with van der Waals surface area (Å²) in [7, 11) is 1.57. The van der Waals surface area contributed by atoms with Gasteiger partial charge in [0.1, 0.15) is 11.4 Å². The molecule has 0 fully saturated rings. The van der Waals surface area contributed by atoms with Crippen LogP contribution in [0.25, 0.3) is 22.5 Å². The molecule has 2 aromatic carbocycles. The van der Waals surface area contributed by atoms with Crippen LogP contribution in [0.1, 0.15) is 0 Å². The van der Waals surface area contributed by atoms with Gasteiger partial charge in [-0.15, -0.1) is 5.10 Å². The number of methoxy groups -OCH3 is 1. The van der Waals surface area contributed by atoms with Crippen molar-refractivity contribution in [2.75, 3.05) is 13.9 Å². The molecule has 1 aliphatic rings. The topological polar surface area (TPSA) is 89.5 Å². The maximum atomic E-state index is 9.43. The molecule has 4 rings (SSSR count). The molecule has 2 heterocycles. The van der Waals surface area contributed by atoms with Crippen molar-refractivity contribution >= 4 is 0 Å². The van der Waals surface area contributed by atoms with Gasteiger partial charge in [-0.25, -0.2) is 0 Å². The largest absolute Gasteiger partial charge is 0.508 e. The van der Waals surface area contributed by atoms with E-state index in [2.05, 4.69) is 15.4 Å². The number of aromatic amines is 1. The van der Waals surface area contributed by atoms with Gasteiger partial charge in [0.05, 0.1) is 12.8 Å². The van der Waals surface area contributed by atoms with Gasteiger partial charge in [-0.3, -0.25) is 5.10 Å². The Morgan fingerprint density at radius 2 is 1.96 bits per heavy atom. The van der Waals surface area contributed by atoms with Crippen LogP contribution in [0.5, 0.6) is 23.0 Å². The molecule has 1 aromatic heterocycles. The van der Waals surface area contributed by atoms with Crippen LogP contribution in [0.2, 0.25) is 0 Å². The predicted molar refractivity (Wildman–Crippen MR) is 81.6 cm³/mol. The third kappa shape index (κ3) is 2.22. The number of aromatic nitrogens is 3. The molecule has 0 radical (unpaired) electrons. The smallest absolute Gasteiger partial charge is 0.231 e. The second kappa shape index (κ2) is 5.20. The first-order chi connectivity index (χ1) is 11.3. The highest BCUT2D eigenvalue weighted by atomic mass is 16.7. The third-order valence-electron chi connectivity index (χ3n) is 3.64. The number of hydrogen-bond acceptors (Lipinski definition) is 6. The summed E-state index contributed by atoms with van der Waals surface area (Å²) in [6.07, 6.45) is 0. The van der Waals surface area contributed by atoms with Crippen molar-refractivity contribution in [3.63, 3.8) is 0 Å². The van der Waals surface area contributed by atoms with Gasteiger partial charge in [0, 0.05) is 11.1 Å². The van der Waals surface area contributed by atoms with Crippen molar-refractivity contribution in [1.29, 1.82) is 0 Å². The number of phenols is 1. The van der Waals surface area contributed by atoms with E-state index >= 15 is 0 Å². The van der Waals surface area contributed by atoms with Crippen molar-refractivity contribution < 1.29 is 19.3 Å². The zero-order valence-electron chi connectivity index (χ0n) is 12.2. The minimum atomic E-state index is 0.165. The van der Waals surface area contributed by atoms with Gasteiger partial charge in [-0.2, -0.15) is 0 Å². The Morgan fingerprint density at radius 3 is 2.74 bits per heavy atom. The number of nitrogens with zero attached hydrogens (tertiary/aromatic N) is 2. The molecule has 116 valence electrons. The van der Waals surface area contributed by atoms with Crippen LogP contribution < -0.4 is 14.2 Å². The predicted octanol–water partition coefficient (Wildman–Crippen LogP) is 2.58. The zero-order chi connectivity index (χ0) is 15.8.